The monoisotopic (exact) mass is 369 g/mol. The highest BCUT2D eigenvalue weighted by molar-refractivity contribution is 5.83. The van der Waals surface area contributed by atoms with Crippen molar-refractivity contribution in [1.29, 1.82) is 0 Å². The second-order valence-corrected chi connectivity index (χ2v) is 6.05. The Morgan fingerprint density at radius 3 is 2.96 bits per heavy atom. The first kappa shape index (κ1) is 18.3. The summed E-state index contributed by atoms with van der Waals surface area (Å²) in [4.78, 5) is 22.5. The summed E-state index contributed by atoms with van der Waals surface area (Å²) in [5.74, 6) is -0.472. The van der Waals surface area contributed by atoms with Crippen LogP contribution in [0.4, 0.5) is 13.2 Å². The lowest BCUT2D eigenvalue weighted by atomic mass is 10.0. The van der Waals surface area contributed by atoms with Crippen molar-refractivity contribution >= 4 is 5.91 Å². The van der Waals surface area contributed by atoms with Crippen LogP contribution in [0.5, 0.6) is 0 Å². The number of carbonyl (C=O) groups excluding carboxylic acids is 1. The maximum absolute atomic E-state index is 12.9. The number of amides is 1. The Kier molecular flexibility index (Phi) is 5.21. The number of nitrogens with zero attached hydrogens (tertiary/aromatic N) is 5. The van der Waals surface area contributed by atoms with E-state index < -0.39 is 24.7 Å². The van der Waals surface area contributed by atoms with Crippen LogP contribution in [0, 0.1) is 0 Å². The van der Waals surface area contributed by atoms with Gasteiger partial charge in [-0.1, -0.05) is 6.07 Å². The topological polar surface area (TPSA) is 73.1 Å². The molecule has 0 aromatic carbocycles. The van der Waals surface area contributed by atoms with E-state index in [9.17, 15) is 18.0 Å². The molecule has 10 heteroatoms. The average molecular weight is 369 g/mol. The molecule has 0 spiro atoms. The van der Waals surface area contributed by atoms with Gasteiger partial charge < -0.3 is 9.64 Å². The molecule has 1 saturated heterocycles. The normalized spacial score (nSPS) is 19.4. The molecule has 1 aliphatic rings. The van der Waals surface area contributed by atoms with Gasteiger partial charge in [0.2, 0.25) is 5.91 Å². The molecule has 1 aliphatic heterocycles. The third-order valence-electron chi connectivity index (χ3n) is 4.16. The number of hydrogen-bond acceptors (Lipinski definition) is 5. The standard InChI is InChI=1S/C16H18F3N5O2/c1-11(12-3-2-4-20-7-12)15(25)24-5-6-26-8-13(24)14-21-10-23(22-14)9-16(17,18)19/h2-4,7,10-11,13H,5-6,8-9H2,1H3. The summed E-state index contributed by atoms with van der Waals surface area (Å²) in [5.41, 5.74) is 0.762. The molecule has 0 saturated carbocycles. The molecule has 0 N–H and O–H groups in total. The summed E-state index contributed by atoms with van der Waals surface area (Å²) in [6, 6.07) is 2.93. The van der Waals surface area contributed by atoms with E-state index >= 15 is 0 Å². The molecule has 140 valence electrons. The molecule has 3 rings (SSSR count). The molecule has 2 unspecified atom stereocenters. The summed E-state index contributed by atoms with van der Waals surface area (Å²) < 4.78 is 43.6. The summed E-state index contributed by atoms with van der Waals surface area (Å²) in [5, 5.41) is 3.88. The van der Waals surface area contributed by atoms with Gasteiger partial charge in [-0.25, -0.2) is 9.67 Å². The van der Waals surface area contributed by atoms with Gasteiger partial charge in [-0.2, -0.15) is 18.3 Å². The van der Waals surface area contributed by atoms with Crippen molar-refractivity contribution in [3.8, 4) is 0 Å². The highest BCUT2D eigenvalue weighted by atomic mass is 19.4. The van der Waals surface area contributed by atoms with Crippen molar-refractivity contribution in [1.82, 2.24) is 24.6 Å². The largest absolute Gasteiger partial charge is 0.408 e. The van der Waals surface area contributed by atoms with Gasteiger partial charge in [-0.3, -0.25) is 9.78 Å². The number of alkyl halides is 3. The minimum Gasteiger partial charge on any atom is -0.377 e. The molecular weight excluding hydrogens is 351 g/mol. The Balaban J connectivity index is 1.79. The van der Waals surface area contributed by atoms with Crippen LogP contribution >= 0.6 is 0 Å². The molecular formula is C16H18F3N5O2. The van der Waals surface area contributed by atoms with Crippen molar-refractivity contribution in [3.05, 3.63) is 42.2 Å². The maximum atomic E-state index is 12.9. The molecule has 26 heavy (non-hydrogen) atoms. The first-order chi connectivity index (χ1) is 12.3. The minimum atomic E-state index is -4.39. The van der Waals surface area contributed by atoms with Crippen LogP contribution in [0.2, 0.25) is 0 Å². The van der Waals surface area contributed by atoms with Gasteiger partial charge in [0, 0.05) is 18.9 Å². The van der Waals surface area contributed by atoms with E-state index in [1.165, 1.54) is 0 Å². The Bertz CT molecular complexity index is 750. The molecule has 1 amide bonds. The predicted molar refractivity (Wildman–Crippen MR) is 84.0 cm³/mol. The van der Waals surface area contributed by atoms with E-state index in [1.54, 1.807) is 36.4 Å². The van der Waals surface area contributed by atoms with Crippen LogP contribution in [0.25, 0.3) is 0 Å². The number of ether oxygens (including phenoxy) is 1. The number of halogens is 3. The zero-order valence-corrected chi connectivity index (χ0v) is 14.1. The minimum absolute atomic E-state index is 0.140. The van der Waals surface area contributed by atoms with Crippen LogP contribution in [0.15, 0.2) is 30.9 Å². The van der Waals surface area contributed by atoms with Gasteiger partial charge in [-0.05, 0) is 18.6 Å². The summed E-state index contributed by atoms with van der Waals surface area (Å²) >= 11 is 0. The quantitative estimate of drug-likeness (QED) is 0.824. The first-order valence-electron chi connectivity index (χ1n) is 8.09. The zero-order valence-electron chi connectivity index (χ0n) is 14.1. The fourth-order valence-electron chi connectivity index (χ4n) is 2.83. The fraction of sp³-hybridized carbons (Fsp3) is 0.500. The third-order valence-corrected chi connectivity index (χ3v) is 4.16. The second-order valence-electron chi connectivity index (χ2n) is 6.05. The number of aromatic nitrogens is 4. The van der Waals surface area contributed by atoms with Crippen LogP contribution in [-0.2, 0) is 16.1 Å². The van der Waals surface area contributed by atoms with Gasteiger partial charge in [0.1, 0.15) is 18.9 Å². The Labute approximate surface area is 147 Å². The highest BCUT2D eigenvalue weighted by Gasteiger charge is 2.35. The van der Waals surface area contributed by atoms with Crippen molar-refractivity contribution in [2.24, 2.45) is 0 Å². The van der Waals surface area contributed by atoms with Crippen LogP contribution < -0.4 is 0 Å². The van der Waals surface area contributed by atoms with Crippen LogP contribution in [0.1, 0.15) is 30.3 Å². The van der Waals surface area contributed by atoms with E-state index in [0.29, 0.717) is 13.2 Å². The number of pyridine rings is 1. The maximum Gasteiger partial charge on any atom is 0.408 e. The summed E-state index contributed by atoms with van der Waals surface area (Å²) in [7, 11) is 0. The second kappa shape index (κ2) is 7.40. The predicted octanol–water partition coefficient (Wildman–Crippen LogP) is 1.94. The van der Waals surface area contributed by atoms with Gasteiger partial charge >= 0.3 is 6.18 Å². The number of hydrogen-bond donors (Lipinski definition) is 0. The lowest BCUT2D eigenvalue weighted by molar-refractivity contribution is -0.144. The zero-order chi connectivity index (χ0) is 18.7. The molecule has 2 atom stereocenters. The molecule has 2 aromatic rings. The molecule has 3 heterocycles. The van der Waals surface area contributed by atoms with E-state index in [1.807, 2.05) is 0 Å². The van der Waals surface area contributed by atoms with E-state index in [4.69, 9.17) is 4.74 Å². The third kappa shape index (κ3) is 4.18. The Morgan fingerprint density at radius 1 is 1.46 bits per heavy atom. The molecule has 0 aliphatic carbocycles. The number of carbonyl (C=O) groups is 1. The van der Waals surface area contributed by atoms with Crippen LogP contribution in [0.3, 0.4) is 0 Å². The molecule has 0 radical (unpaired) electrons. The average Bonchev–Trinajstić information content (AvgIpc) is 3.07. The van der Waals surface area contributed by atoms with Crippen molar-refractivity contribution < 1.29 is 22.7 Å². The molecule has 7 nitrogen and oxygen atoms in total. The lowest BCUT2D eigenvalue weighted by Crippen LogP contribution is -2.45. The van der Waals surface area contributed by atoms with E-state index in [0.717, 1.165) is 16.6 Å². The fourth-order valence-corrected chi connectivity index (χ4v) is 2.83. The smallest absolute Gasteiger partial charge is 0.377 e. The van der Waals surface area contributed by atoms with Gasteiger partial charge in [-0.15, -0.1) is 0 Å². The molecule has 2 aromatic heterocycles. The van der Waals surface area contributed by atoms with Gasteiger partial charge in [0.05, 0.1) is 19.1 Å². The van der Waals surface area contributed by atoms with Crippen molar-refractivity contribution in [3.63, 3.8) is 0 Å². The van der Waals surface area contributed by atoms with E-state index in [2.05, 4.69) is 15.1 Å². The number of morpholine rings is 1. The van der Waals surface area contributed by atoms with Gasteiger partial charge in [0.15, 0.2) is 5.82 Å². The number of rotatable bonds is 4. The summed E-state index contributed by atoms with van der Waals surface area (Å²) in [6.07, 6.45) is -0.132. The van der Waals surface area contributed by atoms with Crippen molar-refractivity contribution in [2.45, 2.75) is 31.6 Å². The first-order valence-corrected chi connectivity index (χ1v) is 8.09. The SMILES string of the molecule is CC(C(=O)N1CCOCC1c1ncn(CC(F)(F)F)n1)c1cccnc1. The van der Waals surface area contributed by atoms with Gasteiger partial charge in [0.25, 0.3) is 0 Å². The molecule has 1 fully saturated rings. The summed E-state index contributed by atoms with van der Waals surface area (Å²) in [6.45, 7) is 1.35. The highest BCUT2D eigenvalue weighted by Crippen LogP contribution is 2.27. The molecule has 0 bridgehead atoms. The Hall–Kier alpha value is -2.49. The van der Waals surface area contributed by atoms with E-state index in [-0.39, 0.29) is 18.3 Å². The van der Waals surface area contributed by atoms with Crippen molar-refractivity contribution in [2.75, 3.05) is 19.8 Å². The lowest BCUT2D eigenvalue weighted by Gasteiger charge is -2.35. The Morgan fingerprint density at radius 2 is 2.27 bits per heavy atom. The van der Waals surface area contributed by atoms with Crippen LogP contribution in [-0.4, -0.2) is 56.5 Å².